The fourth-order valence-electron chi connectivity index (χ4n) is 4.40. The third kappa shape index (κ3) is 5.76. The molecule has 188 valence electrons. The second-order valence-electron chi connectivity index (χ2n) is 8.23. The van der Waals surface area contributed by atoms with Crippen molar-refractivity contribution in [2.45, 2.75) is 6.42 Å². The van der Waals surface area contributed by atoms with Crippen LogP contribution in [0.1, 0.15) is 27.2 Å². The van der Waals surface area contributed by atoms with Gasteiger partial charge in [-0.2, -0.15) is 13.7 Å². The van der Waals surface area contributed by atoms with E-state index in [2.05, 4.69) is 10.6 Å². The molecule has 1 amide bonds. The summed E-state index contributed by atoms with van der Waals surface area (Å²) in [6, 6.07) is 23.3. The van der Waals surface area contributed by atoms with Gasteiger partial charge >= 0.3 is 11.6 Å². The molecule has 1 saturated heterocycles. The molecule has 1 aliphatic heterocycles. The van der Waals surface area contributed by atoms with Gasteiger partial charge in [-0.3, -0.25) is 4.79 Å². The van der Waals surface area contributed by atoms with Crippen molar-refractivity contribution in [3.05, 3.63) is 99.2 Å². The molecule has 5 rings (SSSR count). The first-order valence-electron chi connectivity index (χ1n) is 11.3. The molecule has 3 aromatic carbocycles. The maximum Gasteiger partial charge on any atom is 0.335 e. The van der Waals surface area contributed by atoms with Crippen molar-refractivity contribution >= 4 is 51.6 Å². The van der Waals surface area contributed by atoms with E-state index in [-0.39, 0.29) is 5.91 Å². The number of benzene rings is 3. The van der Waals surface area contributed by atoms with E-state index < -0.39 is 11.6 Å². The van der Waals surface area contributed by atoms with Crippen molar-refractivity contribution in [2.75, 3.05) is 26.3 Å². The Hall–Kier alpha value is -3.48. The molecule has 0 bridgehead atoms. The van der Waals surface area contributed by atoms with Crippen LogP contribution in [0.4, 0.5) is 0 Å². The van der Waals surface area contributed by atoms with Crippen LogP contribution < -0.4 is 0 Å². The molecule has 0 atom stereocenters. The van der Waals surface area contributed by atoms with Crippen LogP contribution in [0.25, 0.3) is 16.6 Å². The van der Waals surface area contributed by atoms with E-state index in [9.17, 15) is 10.1 Å². The Bertz CT molecular complexity index is 1520. The molecule has 37 heavy (non-hydrogen) atoms. The van der Waals surface area contributed by atoms with Crippen LogP contribution in [0.15, 0.2) is 66.7 Å². The standard InChI is InChI=1S/C27H21Cl2N3O2.O2S/c28-24-8-7-22(27(33)31-10-12-34-13-11-31)26(29)23(24)16-21-15-19-14-18(17-30)6-9-25(19)32(21)20-4-2-1-3-5-20;1-3-2/h1-9,14-15H,10-13,16H2;. The Morgan fingerprint density at radius 1 is 1.00 bits per heavy atom. The minimum absolute atomic E-state index is 0.117. The monoisotopic (exact) mass is 553 g/mol. The first kappa shape index (κ1) is 26.6. The Labute approximate surface area is 227 Å². The number of fused-ring (bicyclic) bond motifs is 1. The van der Waals surface area contributed by atoms with Crippen molar-refractivity contribution < 1.29 is 17.9 Å². The van der Waals surface area contributed by atoms with E-state index in [1.165, 1.54) is 0 Å². The highest BCUT2D eigenvalue weighted by Gasteiger charge is 2.24. The normalized spacial score (nSPS) is 12.9. The average Bonchev–Trinajstić information content (AvgIpc) is 3.29. The largest absolute Gasteiger partial charge is 0.378 e. The van der Waals surface area contributed by atoms with Crippen molar-refractivity contribution in [3.63, 3.8) is 0 Å². The minimum Gasteiger partial charge on any atom is -0.378 e. The van der Waals surface area contributed by atoms with Gasteiger partial charge in [0.2, 0.25) is 0 Å². The van der Waals surface area contributed by atoms with Gasteiger partial charge in [-0.1, -0.05) is 41.4 Å². The highest BCUT2D eigenvalue weighted by atomic mass is 35.5. The molecule has 0 N–H and O–H groups in total. The van der Waals surface area contributed by atoms with E-state index in [0.29, 0.717) is 59.5 Å². The zero-order valence-electron chi connectivity index (χ0n) is 19.5. The van der Waals surface area contributed by atoms with E-state index in [0.717, 1.165) is 22.3 Å². The highest BCUT2D eigenvalue weighted by molar-refractivity contribution is 7.51. The predicted octanol–water partition coefficient (Wildman–Crippen LogP) is 5.20. The highest BCUT2D eigenvalue weighted by Crippen LogP contribution is 2.34. The number of carbonyl (C=O) groups excluding carboxylic acids is 1. The second kappa shape index (κ2) is 12.2. The van der Waals surface area contributed by atoms with E-state index in [4.69, 9.17) is 36.4 Å². The van der Waals surface area contributed by atoms with Crippen LogP contribution in [-0.4, -0.2) is 50.1 Å². The number of halogens is 2. The van der Waals surface area contributed by atoms with Crippen molar-refractivity contribution in [1.29, 1.82) is 5.26 Å². The number of para-hydroxylation sites is 1. The van der Waals surface area contributed by atoms with Crippen LogP contribution >= 0.6 is 23.2 Å². The quantitative estimate of drug-likeness (QED) is 0.346. The summed E-state index contributed by atoms with van der Waals surface area (Å²) in [7, 11) is 0. The van der Waals surface area contributed by atoms with Crippen molar-refractivity contribution in [2.24, 2.45) is 0 Å². The maximum absolute atomic E-state index is 13.1. The van der Waals surface area contributed by atoms with Crippen LogP contribution in [0.5, 0.6) is 0 Å². The number of ether oxygens (including phenoxy) is 1. The second-order valence-corrected chi connectivity index (χ2v) is 9.15. The number of rotatable bonds is 4. The lowest BCUT2D eigenvalue weighted by atomic mass is 10.0. The summed E-state index contributed by atoms with van der Waals surface area (Å²) in [6.07, 6.45) is 0.424. The molecular weight excluding hydrogens is 533 g/mol. The molecule has 1 aliphatic rings. The third-order valence-corrected chi connectivity index (χ3v) is 6.88. The summed E-state index contributed by atoms with van der Waals surface area (Å²) in [5.74, 6) is -0.117. The summed E-state index contributed by atoms with van der Waals surface area (Å²) in [5, 5.41) is 11.2. The number of hydrogen-bond donors (Lipinski definition) is 0. The number of carbonyl (C=O) groups is 1. The van der Waals surface area contributed by atoms with Crippen LogP contribution in [0, 0.1) is 11.3 Å². The Kier molecular flexibility index (Phi) is 8.74. The maximum atomic E-state index is 13.1. The zero-order valence-corrected chi connectivity index (χ0v) is 21.9. The van der Waals surface area contributed by atoms with Gasteiger partial charge in [-0.15, -0.1) is 0 Å². The number of aromatic nitrogens is 1. The number of nitriles is 1. The van der Waals surface area contributed by atoms with Gasteiger partial charge in [0.05, 0.1) is 40.9 Å². The number of morpholine rings is 1. The van der Waals surface area contributed by atoms with Crippen molar-refractivity contribution in [3.8, 4) is 11.8 Å². The van der Waals surface area contributed by atoms with Crippen LogP contribution in [0.3, 0.4) is 0 Å². The first-order valence-corrected chi connectivity index (χ1v) is 12.8. The zero-order chi connectivity index (χ0) is 26.4. The molecule has 1 fully saturated rings. The summed E-state index contributed by atoms with van der Waals surface area (Å²) in [5.41, 5.74) is 4.66. The lowest BCUT2D eigenvalue weighted by molar-refractivity contribution is 0.0303. The minimum atomic E-state index is -0.750. The van der Waals surface area contributed by atoms with Crippen LogP contribution in [0.2, 0.25) is 10.0 Å². The molecule has 0 radical (unpaired) electrons. The van der Waals surface area contributed by atoms with E-state index in [1.54, 1.807) is 17.0 Å². The van der Waals surface area contributed by atoms with Gasteiger partial charge in [0.15, 0.2) is 0 Å². The Morgan fingerprint density at radius 2 is 1.70 bits per heavy atom. The van der Waals surface area contributed by atoms with Gasteiger partial charge < -0.3 is 14.2 Å². The van der Waals surface area contributed by atoms with Gasteiger partial charge in [0.1, 0.15) is 0 Å². The summed E-state index contributed by atoms with van der Waals surface area (Å²) in [4.78, 5) is 14.9. The predicted molar refractivity (Wildman–Crippen MR) is 143 cm³/mol. The Balaban J connectivity index is 0.00000102. The third-order valence-electron chi connectivity index (χ3n) is 6.09. The molecule has 0 unspecified atom stereocenters. The smallest absolute Gasteiger partial charge is 0.335 e. The molecule has 10 heteroatoms. The molecular formula is C27H21Cl2N3O4S. The first-order chi connectivity index (χ1) is 18.0. The molecule has 4 aromatic rings. The molecule has 2 heterocycles. The van der Waals surface area contributed by atoms with Crippen LogP contribution in [-0.2, 0) is 22.7 Å². The van der Waals surface area contributed by atoms with Gasteiger partial charge in [0, 0.05) is 41.3 Å². The summed E-state index contributed by atoms with van der Waals surface area (Å²) < 4.78 is 24.1. The fraction of sp³-hybridized carbons (Fsp3) is 0.185. The average molecular weight is 554 g/mol. The van der Waals surface area contributed by atoms with E-state index >= 15 is 0 Å². The molecule has 0 saturated carbocycles. The lowest BCUT2D eigenvalue weighted by Crippen LogP contribution is -2.40. The number of amides is 1. The van der Waals surface area contributed by atoms with Gasteiger partial charge in [-0.25, -0.2) is 0 Å². The van der Waals surface area contributed by atoms with E-state index in [1.807, 2.05) is 54.6 Å². The van der Waals surface area contributed by atoms with Gasteiger partial charge in [0.25, 0.3) is 5.91 Å². The molecule has 1 aromatic heterocycles. The lowest BCUT2D eigenvalue weighted by Gasteiger charge is -2.27. The molecule has 7 nitrogen and oxygen atoms in total. The Morgan fingerprint density at radius 3 is 2.38 bits per heavy atom. The van der Waals surface area contributed by atoms with Gasteiger partial charge in [-0.05, 0) is 54.1 Å². The molecule has 0 spiro atoms. The fourth-order valence-corrected chi connectivity index (χ4v) is 4.98. The molecule has 0 aliphatic carbocycles. The summed E-state index contributed by atoms with van der Waals surface area (Å²) in [6.45, 7) is 2.12. The van der Waals surface area contributed by atoms with Crippen molar-refractivity contribution in [1.82, 2.24) is 9.47 Å². The SMILES string of the molecule is N#Cc1ccc2c(c1)cc(Cc1c(Cl)ccc(C(=O)N3CCOCC3)c1Cl)n2-c1ccccc1.O=S=O. The summed E-state index contributed by atoms with van der Waals surface area (Å²) >= 11 is 12.7. The number of nitrogens with zero attached hydrogens (tertiary/aromatic N) is 3. The number of hydrogen-bond acceptors (Lipinski definition) is 5. The topological polar surface area (TPSA) is 92.4 Å².